The van der Waals surface area contributed by atoms with Crippen LogP contribution in [0.3, 0.4) is 0 Å². The van der Waals surface area contributed by atoms with Gasteiger partial charge in [-0.2, -0.15) is 0 Å². The molecule has 0 spiro atoms. The van der Waals surface area contributed by atoms with E-state index in [0.29, 0.717) is 13.0 Å². The quantitative estimate of drug-likeness (QED) is 0.341. The lowest BCUT2D eigenvalue weighted by molar-refractivity contribution is -0.384. The maximum atomic E-state index is 11.9. The number of nitrogens with zero attached hydrogens (tertiary/aromatic N) is 1. The van der Waals surface area contributed by atoms with Crippen LogP contribution in [0, 0.1) is 10.1 Å². The molecule has 0 aromatic heterocycles. The Labute approximate surface area is 143 Å². The molecule has 8 nitrogen and oxygen atoms in total. The number of non-ortho nitro benzene ring substituents is 1. The molecule has 0 fully saturated rings. The second-order valence-corrected chi connectivity index (χ2v) is 5.19. The number of carbonyl (C=O) groups excluding carboxylic acids is 2. The Hall–Kier alpha value is -3.42. The second kappa shape index (κ2) is 8.44. The van der Waals surface area contributed by atoms with Crippen molar-refractivity contribution in [2.75, 3.05) is 18.9 Å². The molecule has 130 valence electrons. The third-order valence-corrected chi connectivity index (χ3v) is 3.38. The molecule has 0 heterocycles. The number of carbonyl (C=O) groups is 2. The van der Waals surface area contributed by atoms with Crippen molar-refractivity contribution < 1.29 is 19.2 Å². The zero-order chi connectivity index (χ0) is 18.2. The van der Waals surface area contributed by atoms with E-state index in [0.717, 1.165) is 11.6 Å². The molecule has 0 aliphatic heterocycles. The molecule has 0 radical (unpaired) electrons. The van der Waals surface area contributed by atoms with Crippen molar-refractivity contribution in [2.24, 2.45) is 0 Å². The van der Waals surface area contributed by atoms with Crippen molar-refractivity contribution in [3.63, 3.8) is 0 Å². The van der Waals surface area contributed by atoms with Gasteiger partial charge in [0.1, 0.15) is 0 Å². The van der Waals surface area contributed by atoms with Gasteiger partial charge in [-0.05, 0) is 18.1 Å². The molecule has 0 aliphatic carbocycles. The number of rotatable bonds is 7. The fourth-order valence-corrected chi connectivity index (χ4v) is 2.09. The second-order valence-electron chi connectivity index (χ2n) is 5.19. The molecule has 2 rings (SSSR count). The first kappa shape index (κ1) is 17.9. The Bertz CT molecular complexity index is 777. The van der Waals surface area contributed by atoms with Gasteiger partial charge in [0.25, 0.3) is 11.6 Å². The van der Waals surface area contributed by atoms with Gasteiger partial charge in [0.05, 0.1) is 10.5 Å². The van der Waals surface area contributed by atoms with E-state index in [1.165, 1.54) is 12.1 Å². The molecule has 0 saturated carbocycles. The molecule has 2 aromatic carbocycles. The SMILES string of the molecule is Nc1ccc([N+](=O)[O-])cc1C(=O)OCC(=O)NCCc1ccccc1. The smallest absolute Gasteiger partial charge is 0.341 e. The number of anilines is 1. The fraction of sp³-hybridized carbons (Fsp3) is 0.176. The van der Waals surface area contributed by atoms with Gasteiger partial charge in [0.2, 0.25) is 0 Å². The molecule has 1 amide bonds. The van der Waals surface area contributed by atoms with E-state index in [1.807, 2.05) is 30.3 Å². The monoisotopic (exact) mass is 343 g/mol. The van der Waals surface area contributed by atoms with Crippen molar-refractivity contribution in [2.45, 2.75) is 6.42 Å². The first-order valence-corrected chi connectivity index (χ1v) is 7.49. The number of nitro benzene ring substituents is 1. The van der Waals surface area contributed by atoms with Gasteiger partial charge >= 0.3 is 5.97 Å². The average Bonchev–Trinajstić information content (AvgIpc) is 2.60. The number of nitrogen functional groups attached to an aromatic ring is 1. The van der Waals surface area contributed by atoms with Gasteiger partial charge in [0.15, 0.2) is 6.61 Å². The number of nitrogens with one attached hydrogen (secondary N) is 1. The highest BCUT2D eigenvalue weighted by molar-refractivity contribution is 5.96. The summed E-state index contributed by atoms with van der Waals surface area (Å²) in [4.78, 5) is 33.7. The summed E-state index contributed by atoms with van der Waals surface area (Å²) in [5.41, 5.74) is 6.30. The number of esters is 1. The first-order valence-electron chi connectivity index (χ1n) is 7.49. The summed E-state index contributed by atoms with van der Waals surface area (Å²) in [5, 5.41) is 13.4. The fourth-order valence-electron chi connectivity index (χ4n) is 2.09. The van der Waals surface area contributed by atoms with E-state index in [2.05, 4.69) is 5.32 Å². The van der Waals surface area contributed by atoms with E-state index in [-0.39, 0.29) is 16.9 Å². The molecule has 0 bridgehead atoms. The van der Waals surface area contributed by atoms with Crippen LogP contribution in [0.4, 0.5) is 11.4 Å². The van der Waals surface area contributed by atoms with Crippen LogP contribution in [0.15, 0.2) is 48.5 Å². The number of nitro groups is 1. The van der Waals surface area contributed by atoms with Gasteiger partial charge in [-0.3, -0.25) is 14.9 Å². The third-order valence-electron chi connectivity index (χ3n) is 3.38. The highest BCUT2D eigenvalue weighted by Crippen LogP contribution is 2.20. The normalized spacial score (nSPS) is 10.1. The lowest BCUT2D eigenvalue weighted by atomic mass is 10.1. The van der Waals surface area contributed by atoms with Crippen molar-refractivity contribution in [1.29, 1.82) is 0 Å². The minimum Gasteiger partial charge on any atom is -0.452 e. The largest absolute Gasteiger partial charge is 0.452 e. The Morgan fingerprint density at radius 1 is 1.16 bits per heavy atom. The maximum absolute atomic E-state index is 11.9. The summed E-state index contributed by atoms with van der Waals surface area (Å²) >= 11 is 0. The Balaban J connectivity index is 1.82. The average molecular weight is 343 g/mol. The van der Waals surface area contributed by atoms with Gasteiger partial charge in [-0.25, -0.2) is 4.79 Å². The number of ether oxygens (including phenoxy) is 1. The summed E-state index contributed by atoms with van der Waals surface area (Å²) in [6, 6.07) is 13.0. The van der Waals surface area contributed by atoms with Gasteiger partial charge in [-0.15, -0.1) is 0 Å². The first-order chi connectivity index (χ1) is 12.0. The standard InChI is InChI=1S/C17H17N3O5/c18-15-7-6-13(20(23)24)10-14(15)17(22)25-11-16(21)19-9-8-12-4-2-1-3-5-12/h1-7,10H,8-9,11,18H2,(H,19,21). The number of amides is 1. The van der Waals surface area contributed by atoms with Gasteiger partial charge in [-0.1, -0.05) is 30.3 Å². The van der Waals surface area contributed by atoms with Crippen LogP contribution in [0.2, 0.25) is 0 Å². The molecular weight excluding hydrogens is 326 g/mol. The van der Waals surface area contributed by atoms with Crippen molar-refractivity contribution in [1.82, 2.24) is 5.32 Å². The lowest BCUT2D eigenvalue weighted by Gasteiger charge is -2.08. The minimum absolute atomic E-state index is 0.0417. The van der Waals surface area contributed by atoms with Crippen LogP contribution in [0.25, 0.3) is 0 Å². The molecule has 0 aliphatic rings. The van der Waals surface area contributed by atoms with Crippen LogP contribution in [-0.4, -0.2) is 30.0 Å². The van der Waals surface area contributed by atoms with E-state index in [1.54, 1.807) is 0 Å². The van der Waals surface area contributed by atoms with Crippen LogP contribution in [0.5, 0.6) is 0 Å². The number of benzene rings is 2. The van der Waals surface area contributed by atoms with Gasteiger partial charge < -0.3 is 15.8 Å². The summed E-state index contributed by atoms with van der Waals surface area (Å²) < 4.78 is 4.85. The molecular formula is C17H17N3O5. The maximum Gasteiger partial charge on any atom is 0.341 e. The Kier molecular flexibility index (Phi) is 6.05. The zero-order valence-corrected chi connectivity index (χ0v) is 13.3. The van der Waals surface area contributed by atoms with Crippen LogP contribution in [-0.2, 0) is 16.0 Å². The Morgan fingerprint density at radius 2 is 1.88 bits per heavy atom. The summed E-state index contributed by atoms with van der Waals surface area (Å²) in [6.45, 7) is -0.0882. The van der Waals surface area contributed by atoms with E-state index in [4.69, 9.17) is 10.5 Å². The zero-order valence-electron chi connectivity index (χ0n) is 13.3. The predicted molar refractivity (Wildman–Crippen MR) is 90.9 cm³/mol. The molecule has 25 heavy (non-hydrogen) atoms. The van der Waals surface area contributed by atoms with Crippen molar-refractivity contribution in [3.8, 4) is 0 Å². The highest BCUT2D eigenvalue weighted by Gasteiger charge is 2.17. The number of hydrogen-bond acceptors (Lipinski definition) is 6. The molecule has 0 atom stereocenters. The molecule has 0 unspecified atom stereocenters. The van der Waals surface area contributed by atoms with Crippen LogP contribution >= 0.6 is 0 Å². The summed E-state index contributed by atoms with van der Waals surface area (Å²) in [7, 11) is 0. The highest BCUT2D eigenvalue weighted by atomic mass is 16.6. The Morgan fingerprint density at radius 3 is 2.56 bits per heavy atom. The molecule has 8 heteroatoms. The van der Waals surface area contributed by atoms with Crippen molar-refractivity contribution >= 4 is 23.3 Å². The lowest BCUT2D eigenvalue weighted by Crippen LogP contribution is -2.30. The molecule has 3 N–H and O–H groups in total. The number of hydrogen-bond donors (Lipinski definition) is 2. The van der Waals surface area contributed by atoms with E-state index >= 15 is 0 Å². The summed E-state index contributed by atoms with van der Waals surface area (Å²) in [5.74, 6) is -1.35. The molecule has 2 aromatic rings. The van der Waals surface area contributed by atoms with Crippen LogP contribution < -0.4 is 11.1 Å². The van der Waals surface area contributed by atoms with Crippen molar-refractivity contribution in [3.05, 3.63) is 69.8 Å². The van der Waals surface area contributed by atoms with E-state index < -0.39 is 23.4 Å². The number of nitrogens with two attached hydrogens (primary N) is 1. The summed E-state index contributed by atoms with van der Waals surface area (Å²) in [6.07, 6.45) is 0.651. The van der Waals surface area contributed by atoms with Crippen LogP contribution in [0.1, 0.15) is 15.9 Å². The van der Waals surface area contributed by atoms with E-state index in [9.17, 15) is 19.7 Å². The predicted octanol–water partition coefficient (Wildman–Crippen LogP) is 1.69. The third kappa shape index (κ3) is 5.31. The topological polar surface area (TPSA) is 125 Å². The molecule has 0 saturated heterocycles. The van der Waals surface area contributed by atoms with Gasteiger partial charge in [0, 0.05) is 24.4 Å². The minimum atomic E-state index is -0.889.